The number of ether oxygens (including phenoxy) is 1. The van der Waals surface area contributed by atoms with Gasteiger partial charge in [-0.25, -0.2) is 4.98 Å². The Balaban J connectivity index is 2.48. The van der Waals surface area contributed by atoms with E-state index in [4.69, 9.17) is 6.42 Å². The monoisotopic (exact) mass is 252 g/mol. The van der Waals surface area contributed by atoms with Gasteiger partial charge in [-0.2, -0.15) is 0 Å². The zero-order valence-electron chi connectivity index (χ0n) is 9.36. The molecule has 0 aliphatic heterocycles. The first-order chi connectivity index (χ1) is 8.15. The summed E-state index contributed by atoms with van der Waals surface area (Å²) in [6.45, 7) is 0. The average Bonchev–Trinajstić information content (AvgIpc) is 2.73. The van der Waals surface area contributed by atoms with Gasteiger partial charge in [0.15, 0.2) is 5.13 Å². The highest BCUT2D eigenvalue weighted by atomic mass is 32.1. The van der Waals surface area contributed by atoms with Gasteiger partial charge in [-0.15, -0.1) is 23.7 Å². The third-order valence-electron chi connectivity index (χ3n) is 1.85. The number of aromatic nitrogens is 1. The fourth-order valence-electron chi connectivity index (χ4n) is 1.03. The molecule has 1 aromatic heterocycles. The quantitative estimate of drug-likeness (QED) is 0.631. The number of carbonyl (C=O) groups is 2. The van der Waals surface area contributed by atoms with E-state index in [1.807, 2.05) is 0 Å². The first-order valence-corrected chi connectivity index (χ1v) is 5.78. The Bertz CT molecular complexity index is 448. The molecule has 0 spiro atoms. The molecule has 1 aromatic rings. The van der Waals surface area contributed by atoms with Crippen molar-refractivity contribution in [3.63, 3.8) is 0 Å². The molecular formula is C11H12N2O3S. The van der Waals surface area contributed by atoms with Crippen LogP contribution in [0.2, 0.25) is 0 Å². The lowest BCUT2D eigenvalue weighted by atomic mass is 10.3. The highest BCUT2D eigenvalue weighted by molar-refractivity contribution is 7.13. The van der Waals surface area contributed by atoms with Gasteiger partial charge < -0.3 is 10.1 Å². The molecule has 17 heavy (non-hydrogen) atoms. The van der Waals surface area contributed by atoms with Crippen LogP contribution in [0.1, 0.15) is 18.5 Å². The summed E-state index contributed by atoms with van der Waals surface area (Å²) in [7, 11) is 1.32. The van der Waals surface area contributed by atoms with Gasteiger partial charge in [0, 0.05) is 18.2 Å². The maximum Gasteiger partial charge on any atom is 0.311 e. The number of nitrogens with zero attached hydrogens (tertiary/aromatic N) is 1. The fourth-order valence-corrected chi connectivity index (χ4v) is 1.76. The number of nitrogens with one attached hydrogen (secondary N) is 1. The van der Waals surface area contributed by atoms with E-state index in [9.17, 15) is 9.59 Å². The zero-order chi connectivity index (χ0) is 12.7. The molecule has 1 amide bonds. The Morgan fingerprint density at radius 3 is 3.06 bits per heavy atom. The lowest BCUT2D eigenvalue weighted by Gasteiger charge is -1.98. The van der Waals surface area contributed by atoms with Crippen LogP contribution < -0.4 is 5.32 Å². The summed E-state index contributed by atoms with van der Waals surface area (Å²) in [6, 6.07) is 0. The second kappa shape index (κ2) is 6.66. The van der Waals surface area contributed by atoms with Crippen molar-refractivity contribution in [2.45, 2.75) is 19.3 Å². The molecule has 0 aliphatic rings. The average molecular weight is 252 g/mol. The van der Waals surface area contributed by atoms with Crippen molar-refractivity contribution < 1.29 is 14.3 Å². The van der Waals surface area contributed by atoms with Crippen LogP contribution in [-0.4, -0.2) is 24.0 Å². The maximum absolute atomic E-state index is 11.3. The van der Waals surface area contributed by atoms with Crippen molar-refractivity contribution in [3.05, 3.63) is 11.1 Å². The molecule has 0 bridgehead atoms. The van der Waals surface area contributed by atoms with Gasteiger partial charge in [0.2, 0.25) is 5.91 Å². The molecule has 0 atom stereocenters. The van der Waals surface area contributed by atoms with Gasteiger partial charge in [-0.1, -0.05) is 0 Å². The lowest BCUT2D eigenvalue weighted by molar-refractivity contribution is -0.139. The van der Waals surface area contributed by atoms with Gasteiger partial charge in [0.05, 0.1) is 19.2 Å². The Labute approximate surface area is 103 Å². The number of hydrogen-bond acceptors (Lipinski definition) is 5. The second-order valence-electron chi connectivity index (χ2n) is 3.15. The van der Waals surface area contributed by atoms with Gasteiger partial charge >= 0.3 is 5.97 Å². The summed E-state index contributed by atoms with van der Waals surface area (Å²) < 4.78 is 4.51. The Hall–Kier alpha value is -1.87. The van der Waals surface area contributed by atoms with E-state index in [0.29, 0.717) is 17.2 Å². The van der Waals surface area contributed by atoms with Crippen LogP contribution in [0.25, 0.3) is 0 Å². The number of rotatable bonds is 5. The molecule has 6 heteroatoms. The van der Waals surface area contributed by atoms with Gasteiger partial charge in [-0.05, 0) is 0 Å². The molecule has 1 rings (SSSR count). The highest BCUT2D eigenvalue weighted by Crippen LogP contribution is 2.16. The largest absolute Gasteiger partial charge is 0.469 e. The molecule has 90 valence electrons. The summed E-state index contributed by atoms with van der Waals surface area (Å²) in [5.74, 6) is 1.84. The zero-order valence-corrected chi connectivity index (χ0v) is 10.2. The van der Waals surface area contributed by atoms with E-state index >= 15 is 0 Å². The number of methoxy groups -OCH3 is 1. The van der Waals surface area contributed by atoms with Crippen LogP contribution in [0.4, 0.5) is 5.13 Å². The van der Waals surface area contributed by atoms with Gasteiger partial charge in [-0.3, -0.25) is 9.59 Å². The smallest absolute Gasteiger partial charge is 0.311 e. The highest BCUT2D eigenvalue weighted by Gasteiger charge is 2.09. The van der Waals surface area contributed by atoms with Crippen molar-refractivity contribution >= 4 is 28.3 Å². The minimum Gasteiger partial charge on any atom is -0.469 e. The third kappa shape index (κ3) is 4.66. The summed E-state index contributed by atoms with van der Waals surface area (Å²) >= 11 is 1.26. The SMILES string of the molecule is C#CCCC(=O)Nc1nc(CC(=O)OC)cs1. The summed E-state index contributed by atoms with van der Waals surface area (Å²) in [6.07, 6.45) is 5.82. The predicted molar refractivity (Wildman–Crippen MR) is 64.5 cm³/mol. The van der Waals surface area contributed by atoms with Crippen LogP contribution in [0, 0.1) is 12.3 Å². The van der Waals surface area contributed by atoms with Crippen LogP contribution in [0.3, 0.4) is 0 Å². The molecule has 0 saturated heterocycles. The summed E-state index contributed by atoms with van der Waals surface area (Å²) in [5, 5.41) is 4.78. The number of carbonyl (C=O) groups excluding carboxylic acids is 2. The van der Waals surface area contributed by atoms with Crippen molar-refractivity contribution in [1.82, 2.24) is 4.98 Å². The van der Waals surface area contributed by atoms with Crippen LogP contribution in [-0.2, 0) is 20.7 Å². The van der Waals surface area contributed by atoms with E-state index < -0.39 is 0 Å². The standard InChI is InChI=1S/C11H12N2O3S/c1-3-4-5-9(14)13-11-12-8(7-17-11)6-10(15)16-2/h1,7H,4-6H2,2H3,(H,12,13,14). The first-order valence-electron chi connectivity index (χ1n) is 4.90. The number of amides is 1. The van der Waals surface area contributed by atoms with Crippen molar-refractivity contribution in [2.24, 2.45) is 0 Å². The molecule has 0 aromatic carbocycles. The molecule has 0 unspecified atom stereocenters. The third-order valence-corrected chi connectivity index (χ3v) is 2.65. The van der Waals surface area contributed by atoms with Gasteiger partial charge in [0.25, 0.3) is 0 Å². The molecule has 5 nitrogen and oxygen atoms in total. The topological polar surface area (TPSA) is 68.3 Å². The summed E-state index contributed by atoms with van der Waals surface area (Å²) in [5.41, 5.74) is 0.578. The fraction of sp³-hybridized carbons (Fsp3) is 0.364. The molecular weight excluding hydrogens is 240 g/mol. The van der Waals surface area contributed by atoms with E-state index in [2.05, 4.69) is 21.0 Å². The van der Waals surface area contributed by atoms with Gasteiger partial charge in [0.1, 0.15) is 0 Å². The Kier molecular flexibility index (Phi) is 5.17. The van der Waals surface area contributed by atoms with E-state index in [1.165, 1.54) is 18.4 Å². The van der Waals surface area contributed by atoms with E-state index in [0.717, 1.165) is 0 Å². The number of thiazole rings is 1. The molecule has 0 aliphatic carbocycles. The minimum atomic E-state index is -0.361. The first kappa shape index (κ1) is 13.2. The normalized spacial score (nSPS) is 9.41. The molecule has 1 heterocycles. The van der Waals surface area contributed by atoms with E-state index in [-0.39, 0.29) is 24.7 Å². The van der Waals surface area contributed by atoms with Crippen LogP contribution in [0.5, 0.6) is 0 Å². The van der Waals surface area contributed by atoms with Crippen molar-refractivity contribution in [2.75, 3.05) is 12.4 Å². The number of hydrogen-bond donors (Lipinski definition) is 1. The van der Waals surface area contributed by atoms with E-state index in [1.54, 1.807) is 5.38 Å². The summed E-state index contributed by atoms with van der Waals surface area (Å²) in [4.78, 5) is 26.4. The van der Waals surface area contributed by atoms with Crippen molar-refractivity contribution in [1.29, 1.82) is 0 Å². The molecule has 1 N–H and O–H groups in total. The van der Waals surface area contributed by atoms with Crippen LogP contribution >= 0.6 is 11.3 Å². The lowest BCUT2D eigenvalue weighted by Crippen LogP contribution is -2.11. The van der Waals surface area contributed by atoms with Crippen molar-refractivity contribution in [3.8, 4) is 12.3 Å². The second-order valence-corrected chi connectivity index (χ2v) is 4.01. The Morgan fingerprint density at radius 2 is 2.41 bits per heavy atom. The maximum atomic E-state index is 11.3. The molecule has 0 fully saturated rings. The molecule has 0 saturated carbocycles. The Morgan fingerprint density at radius 1 is 1.65 bits per heavy atom. The number of anilines is 1. The van der Waals surface area contributed by atoms with Crippen LogP contribution in [0.15, 0.2) is 5.38 Å². The predicted octanol–water partition coefficient (Wildman–Crippen LogP) is 1.21. The number of esters is 1. The number of terminal acetylenes is 1. The molecule has 0 radical (unpaired) electrons. The minimum absolute atomic E-state index is 0.104.